The zero-order chi connectivity index (χ0) is 15.5. The third kappa shape index (κ3) is 4.87. The summed E-state index contributed by atoms with van der Waals surface area (Å²) in [6.45, 7) is 3.59. The maximum Gasteiger partial charge on any atom is 0.234 e. The molecule has 9 heteroatoms. The summed E-state index contributed by atoms with van der Waals surface area (Å²) in [5.41, 5.74) is -0.267. The van der Waals surface area contributed by atoms with Crippen molar-refractivity contribution >= 4 is 31.6 Å². The molecule has 1 fully saturated rings. The van der Waals surface area contributed by atoms with Crippen LogP contribution in [0.5, 0.6) is 0 Å². The standard InChI is InChI=1S/C12H16BrF2N3O2S/c13-10-7-9(14)8-11(15)12(10)17-21(19,20)6-5-18-3-1-16-2-4-18/h7-8,16-17H,1-6H2. The van der Waals surface area contributed by atoms with E-state index in [2.05, 4.69) is 26.0 Å². The highest BCUT2D eigenvalue weighted by Crippen LogP contribution is 2.27. The fourth-order valence-electron chi connectivity index (χ4n) is 2.03. The van der Waals surface area contributed by atoms with E-state index in [1.807, 2.05) is 4.90 Å². The van der Waals surface area contributed by atoms with Crippen molar-refractivity contribution in [2.45, 2.75) is 0 Å². The summed E-state index contributed by atoms with van der Waals surface area (Å²) < 4.78 is 52.8. The van der Waals surface area contributed by atoms with Gasteiger partial charge in [0, 0.05) is 43.3 Å². The van der Waals surface area contributed by atoms with Crippen LogP contribution in [0.2, 0.25) is 0 Å². The molecule has 0 unspecified atom stereocenters. The second-order valence-electron chi connectivity index (χ2n) is 4.76. The van der Waals surface area contributed by atoms with Gasteiger partial charge >= 0.3 is 0 Å². The second kappa shape index (κ2) is 6.99. The highest BCUT2D eigenvalue weighted by Gasteiger charge is 2.19. The van der Waals surface area contributed by atoms with Gasteiger partial charge in [-0.1, -0.05) is 0 Å². The Kier molecular flexibility index (Phi) is 5.53. The molecule has 0 spiro atoms. The Labute approximate surface area is 130 Å². The minimum Gasteiger partial charge on any atom is -0.314 e. The molecular weight excluding hydrogens is 368 g/mol. The molecule has 2 N–H and O–H groups in total. The minimum atomic E-state index is -3.70. The van der Waals surface area contributed by atoms with Crippen molar-refractivity contribution in [3.63, 3.8) is 0 Å². The predicted octanol–water partition coefficient (Wildman–Crippen LogP) is 1.37. The van der Waals surface area contributed by atoms with Gasteiger partial charge in [-0.25, -0.2) is 17.2 Å². The molecule has 1 aliphatic rings. The Morgan fingerprint density at radius 3 is 2.57 bits per heavy atom. The van der Waals surface area contributed by atoms with Crippen LogP contribution >= 0.6 is 15.9 Å². The lowest BCUT2D eigenvalue weighted by atomic mass is 10.3. The first-order valence-electron chi connectivity index (χ1n) is 6.45. The summed E-state index contributed by atoms with van der Waals surface area (Å²) in [5, 5.41) is 3.17. The van der Waals surface area contributed by atoms with Gasteiger partial charge in [-0.05, 0) is 22.0 Å². The number of anilines is 1. The van der Waals surface area contributed by atoms with Gasteiger partial charge < -0.3 is 5.32 Å². The van der Waals surface area contributed by atoms with E-state index >= 15 is 0 Å². The van der Waals surface area contributed by atoms with Crippen LogP contribution in [0, 0.1) is 11.6 Å². The van der Waals surface area contributed by atoms with Gasteiger partial charge in [0.15, 0.2) is 5.82 Å². The zero-order valence-corrected chi connectivity index (χ0v) is 13.6. The molecule has 0 saturated carbocycles. The number of nitrogens with zero attached hydrogens (tertiary/aromatic N) is 1. The lowest BCUT2D eigenvalue weighted by Crippen LogP contribution is -2.45. The number of benzene rings is 1. The van der Waals surface area contributed by atoms with Crippen LogP contribution in [0.3, 0.4) is 0 Å². The summed E-state index contributed by atoms with van der Waals surface area (Å²) in [6, 6.07) is 1.65. The first-order valence-corrected chi connectivity index (χ1v) is 8.90. The van der Waals surface area contributed by atoms with Crippen molar-refractivity contribution < 1.29 is 17.2 Å². The van der Waals surface area contributed by atoms with E-state index in [9.17, 15) is 17.2 Å². The fourth-order valence-corrected chi connectivity index (χ4v) is 3.79. The summed E-state index contributed by atoms with van der Waals surface area (Å²) in [5.74, 6) is -1.87. The Hall–Kier alpha value is -0.770. The Morgan fingerprint density at radius 1 is 1.29 bits per heavy atom. The second-order valence-corrected chi connectivity index (χ2v) is 7.45. The van der Waals surface area contributed by atoms with E-state index in [1.165, 1.54) is 0 Å². The molecule has 21 heavy (non-hydrogen) atoms. The van der Waals surface area contributed by atoms with Gasteiger partial charge in [0.25, 0.3) is 0 Å². The van der Waals surface area contributed by atoms with E-state index in [1.54, 1.807) is 0 Å². The number of halogens is 3. The van der Waals surface area contributed by atoms with Gasteiger partial charge in [-0.15, -0.1) is 0 Å². The lowest BCUT2D eigenvalue weighted by molar-refractivity contribution is 0.254. The summed E-state index contributed by atoms with van der Waals surface area (Å²) in [7, 11) is -3.70. The third-order valence-corrected chi connectivity index (χ3v) is 5.01. The smallest absolute Gasteiger partial charge is 0.234 e. The molecule has 0 atom stereocenters. The minimum absolute atomic E-state index is 0.0331. The molecule has 1 aromatic rings. The van der Waals surface area contributed by atoms with E-state index in [4.69, 9.17) is 0 Å². The third-order valence-electron chi connectivity index (χ3n) is 3.15. The number of piperazine rings is 1. The van der Waals surface area contributed by atoms with Crippen molar-refractivity contribution in [3.05, 3.63) is 28.2 Å². The predicted molar refractivity (Wildman–Crippen MR) is 80.8 cm³/mol. The van der Waals surface area contributed by atoms with Crippen molar-refractivity contribution in [1.82, 2.24) is 10.2 Å². The van der Waals surface area contributed by atoms with Gasteiger partial charge in [-0.2, -0.15) is 0 Å². The van der Waals surface area contributed by atoms with Crippen molar-refractivity contribution in [2.24, 2.45) is 0 Å². The van der Waals surface area contributed by atoms with Crippen LogP contribution in [0.1, 0.15) is 0 Å². The highest BCUT2D eigenvalue weighted by atomic mass is 79.9. The summed E-state index contributed by atoms with van der Waals surface area (Å²) in [6.07, 6.45) is 0. The zero-order valence-electron chi connectivity index (χ0n) is 11.2. The topological polar surface area (TPSA) is 61.4 Å². The van der Waals surface area contributed by atoms with Gasteiger partial charge in [-0.3, -0.25) is 9.62 Å². The number of sulfonamides is 1. The average Bonchev–Trinajstić information content (AvgIpc) is 2.42. The van der Waals surface area contributed by atoms with Crippen LogP contribution in [0.15, 0.2) is 16.6 Å². The fraction of sp³-hybridized carbons (Fsp3) is 0.500. The highest BCUT2D eigenvalue weighted by molar-refractivity contribution is 9.10. The maximum atomic E-state index is 13.6. The molecule has 0 aliphatic carbocycles. The average molecular weight is 384 g/mol. The molecule has 1 saturated heterocycles. The number of nitrogens with one attached hydrogen (secondary N) is 2. The molecule has 2 rings (SSSR count). The molecular formula is C12H16BrF2N3O2S. The molecule has 0 bridgehead atoms. The molecule has 1 aliphatic heterocycles. The first kappa shape index (κ1) is 16.6. The Morgan fingerprint density at radius 2 is 1.95 bits per heavy atom. The van der Waals surface area contributed by atoms with Crippen LogP contribution < -0.4 is 10.0 Å². The van der Waals surface area contributed by atoms with Gasteiger partial charge in [0.2, 0.25) is 10.0 Å². The number of hydrogen-bond donors (Lipinski definition) is 2. The Bertz CT molecular complexity index is 584. The van der Waals surface area contributed by atoms with Crippen LogP contribution in [-0.4, -0.2) is 51.8 Å². The first-order chi connectivity index (χ1) is 9.87. The monoisotopic (exact) mass is 383 g/mol. The molecule has 118 valence electrons. The molecule has 5 nitrogen and oxygen atoms in total. The van der Waals surface area contributed by atoms with Crippen molar-refractivity contribution in [2.75, 3.05) is 43.2 Å². The van der Waals surface area contributed by atoms with Crippen LogP contribution in [0.25, 0.3) is 0 Å². The van der Waals surface area contributed by atoms with E-state index in [0.29, 0.717) is 12.6 Å². The van der Waals surface area contributed by atoms with Crippen molar-refractivity contribution in [1.29, 1.82) is 0 Å². The van der Waals surface area contributed by atoms with Crippen molar-refractivity contribution in [3.8, 4) is 0 Å². The van der Waals surface area contributed by atoms with E-state index < -0.39 is 21.7 Å². The number of hydrogen-bond acceptors (Lipinski definition) is 4. The molecule has 0 radical (unpaired) electrons. The van der Waals surface area contributed by atoms with E-state index in [0.717, 1.165) is 32.2 Å². The maximum absolute atomic E-state index is 13.6. The van der Waals surface area contributed by atoms with E-state index in [-0.39, 0.29) is 15.9 Å². The molecule has 1 heterocycles. The van der Waals surface area contributed by atoms with Gasteiger partial charge in [0.1, 0.15) is 5.82 Å². The van der Waals surface area contributed by atoms with Gasteiger partial charge in [0.05, 0.1) is 11.4 Å². The number of rotatable bonds is 5. The summed E-state index contributed by atoms with van der Waals surface area (Å²) >= 11 is 2.95. The summed E-state index contributed by atoms with van der Waals surface area (Å²) in [4.78, 5) is 2.02. The van der Waals surface area contributed by atoms with Crippen LogP contribution in [0.4, 0.5) is 14.5 Å². The quantitative estimate of drug-likeness (QED) is 0.805. The molecule has 0 aromatic heterocycles. The largest absolute Gasteiger partial charge is 0.314 e. The molecule has 0 amide bonds. The SMILES string of the molecule is O=S(=O)(CCN1CCNCC1)Nc1c(F)cc(F)cc1Br. The lowest BCUT2D eigenvalue weighted by Gasteiger charge is -2.27. The molecule has 1 aromatic carbocycles. The van der Waals surface area contributed by atoms with Crippen LogP contribution in [-0.2, 0) is 10.0 Å². The Balaban J connectivity index is 2.00. The normalized spacial score (nSPS) is 16.9.